The molecule has 0 aromatic rings. The first-order chi connectivity index (χ1) is 9.26. The Kier molecular flexibility index (Phi) is 4.12. The topological polar surface area (TPSA) is 9.23 Å². The summed E-state index contributed by atoms with van der Waals surface area (Å²) in [6.45, 7) is 6.30. The molecule has 106 valence electrons. The highest BCUT2D eigenvalue weighted by molar-refractivity contribution is 5.10. The van der Waals surface area contributed by atoms with E-state index in [9.17, 15) is 0 Å². The van der Waals surface area contributed by atoms with E-state index in [0.29, 0.717) is 0 Å². The van der Waals surface area contributed by atoms with Gasteiger partial charge in [0.05, 0.1) is 0 Å². The highest BCUT2D eigenvalue weighted by Gasteiger charge is 2.35. The number of allylic oxidation sites excluding steroid dienone is 4. The molecule has 1 heteroatoms. The Morgan fingerprint density at radius 1 is 0.895 bits per heavy atom. The van der Waals surface area contributed by atoms with Crippen molar-refractivity contribution in [1.82, 2.24) is 0 Å². The number of hydrogen-bond donors (Lipinski definition) is 0. The Bertz CT molecular complexity index is 357. The summed E-state index contributed by atoms with van der Waals surface area (Å²) in [5.74, 6) is 5.50. The van der Waals surface area contributed by atoms with E-state index in [1.807, 2.05) is 0 Å². The van der Waals surface area contributed by atoms with Gasteiger partial charge in [0.1, 0.15) is 0 Å². The summed E-state index contributed by atoms with van der Waals surface area (Å²) >= 11 is 0. The van der Waals surface area contributed by atoms with Gasteiger partial charge in [-0.15, -0.1) is 0 Å². The van der Waals surface area contributed by atoms with Crippen LogP contribution in [0.2, 0.25) is 0 Å². The lowest BCUT2D eigenvalue weighted by Gasteiger charge is -2.16. The second kappa shape index (κ2) is 5.83. The fraction of sp³-hybridized carbons (Fsp3) is 0.778. The van der Waals surface area contributed by atoms with E-state index in [4.69, 9.17) is 4.74 Å². The smallest absolute Gasteiger partial charge is 0.0499 e. The molecule has 19 heavy (non-hydrogen) atoms. The highest BCUT2D eigenvalue weighted by atomic mass is 16.5. The Morgan fingerprint density at radius 3 is 1.95 bits per heavy atom. The fourth-order valence-electron chi connectivity index (χ4n) is 4.41. The summed E-state index contributed by atoms with van der Waals surface area (Å²) in [6.07, 6.45) is 15.3. The first kappa shape index (κ1) is 13.4. The molecular formula is C18H28O. The summed E-state index contributed by atoms with van der Waals surface area (Å²) in [5, 5.41) is 0. The van der Waals surface area contributed by atoms with Crippen molar-refractivity contribution in [1.29, 1.82) is 0 Å². The molecule has 0 saturated heterocycles. The van der Waals surface area contributed by atoms with Gasteiger partial charge in [0.25, 0.3) is 0 Å². The Morgan fingerprint density at radius 2 is 1.58 bits per heavy atom. The monoisotopic (exact) mass is 260 g/mol. The van der Waals surface area contributed by atoms with Gasteiger partial charge >= 0.3 is 0 Å². The van der Waals surface area contributed by atoms with Gasteiger partial charge in [-0.2, -0.15) is 0 Å². The van der Waals surface area contributed by atoms with Gasteiger partial charge in [-0.1, -0.05) is 31.2 Å². The normalized spacial score (nSPS) is 44.7. The maximum Gasteiger partial charge on any atom is 0.0499 e. The van der Waals surface area contributed by atoms with Crippen molar-refractivity contribution < 1.29 is 4.74 Å². The molecule has 4 rings (SSSR count). The molecule has 0 heterocycles. The third-order valence-electron chi connectivity index (χ3n) is 5.56. The van der Waals surface area contributed by atoms with Crippen molar-refractivity contribution in [2.75, 3.05) is 13.2 Å². The van der Waals surface area contributed by atoms with Crippen LogP contribution in [0.1, 0.15) is 39.5 Å². The molecule has 2 saturated carbocycles. The first-order valence-electron chi connectivity index (χ1n) is 8.20. The van der Waals surface area contributed by atoms with E-state index in [0.717, 1.165) is 48.7 Å². The van der Waals surface area contributed by atoms with E-state index in [1.54, 1.807) is 0 Å². The number of fused-ring (bicyclic) bond motifs is 4. The van der Waals surface area contributed by atoms with Crippen LogP contribution in [0, 0.1) is 35.5 Å². The number of hydrogen-bond acceptors (Lipinski definition) is 1. The zero-order chi connectivity index (χ0) is 13.2. The largest absolute Gasteiger partial charge is 0.381 e. The molecule has 4 aliphatic carbocycles. The Labute approximate surface area is 118 Å². The van der Waals surface area contributed by atoms with Crippen LogP contribution in [-0.4, -0.2) is 13.2 Å². The van der Waals surface area contributed by atoms with E-state index in [1.165, 1.54) is 25.7 Å². The van der Waals surface area contributed by atoms with Crippen molar-refractivity contribution in [3.8, 4) is 0 Å². The van der Waals surface area contributed by atoms with Crippen molar-refractivity contribution in [2.24, 2.45) is 35.5 Å². The second-order valence-corrected chi connectivity index (χ2v) is 6.96. The zero-order valence-corrected chi connectivity index (χ0v) is 12.4. The van der Waals surface area contributed by atoms with Crippen LogP contribution in [0.15, 0.2) is 24.3 Å². The minimum atomic E-state index is 0.838. The molecule has 0 amide bonds. The summed E-state index contributed by atoms with van der Waals surface area (Å²) in [4.78, 5) is 0. The molecule has 6 unspecified atom stereocenters. The molecule has 1 nitrogen and oxygen atoms in total. The predicted octanol–water partition coefficient (Wildman–Crippen LogP) is 4.45. The minimum Gasteiger partial charge on any atom is -0.381 e. The van der Waals surface area contributed by atoms with E-state index in [2.05, 4.69) is 38.2 Å². The maximum atomic E-state index is 5.44. The zero-order valence-electron chi connectivity index (χ0n) is 12.4. The van der Waals surface area contributed by atoms with Gasteiger partial charge < -0.3 is 4.74 Å². The minimum absolute atomic E-state index is 0.838. The molecule has 4 aliphatic rings. The molecule has 6 atom stereocenters. The molecule has 0 aliphatic heterocycles. The van der Waals surface area contributed by atoms with Crippen LogP contribution in [0.4, 0.5) is 0 Å². The predicted molar refractivity (Wildman–Crippen MR) is 79.9 cm³/mol. The lowest BCUT2D eigenvalue weighted by atomic mass is 9.95. The van der Waals surface area contributed by atoms with Crippen molar-refractivity contribution in [3.05, 3.63) is 24.3 Å². The first-order valence-corrected chi connectivity index (χ1v) is 8.20. The van der Waals surface area contributed by atoms with Crippen molar-refractivity contribution in [3.63, 3.8) is 0 Å². The summed E-state index contributed by atoms with van der Waals surface area (Å²) in [6, 6.07) is 0. The number of rotatable bonds is 3. The molecule has 0 N–H and O–H groups in total. The third kappa shape index (κ3) is 2.97. The summed E-state index contributed by atoms with van der Waals surface area (Å²) in [7, 11) is 0. The second-order valence-electron chi connectivity index (χ2n) is 6.96. The fourth-order valence-corrected chi connectivity index (χ4v) is 4.41. The van der Waals surface area contributed by atoms with Crippen LogP contribution in [0.25, 0.3) is 0 Å². The quantitative estimate of drug-likeness (QED) is 0.681. The average Bonchev–Trinajstić information content (AvgIpc) is 3.16. The lowest BCUT2D eigenvalue weighted by molar-refractivity contribution is 0.101. The van der Waals surface area contributed by atoms with Gasteiger partial charge in [-0.05, 0) is 68.1 Å². The van der Waals surface area contributed by atoms with Crippen LogP contribution in [-0.2, 0) is 4.74 Å². The Hall–Kier alpha value is -0.560. The molecule has 2 fully saturated rings. The van der Waals surface area contributed by atoms with Gasteiger partial charge in [-0.3, -0.25) is 0 Å². The van der Waals surface area contributed by atoms with Gasteiger partial charge in [-0.25, -0.2) is 0 Å². The highest BCUT2D eigenvalue weighted by Crippen LogP contribution is 2.43. The molecule has 4 bridgehead atoms. The van der Waals surface area contributed by atoms with Crippen LogP contribution in [0.3, 0.4) is 0 Å². The van der Waals surface area contributed by atoms with E-state index >= 15 is 0 Å². The summed E-state index contributed by atoms with van der Waals surface area (Å²) < 4.78 is 5.44. The molecular weight excluding hydrogens is 232 g/mol. The van der Waals surface area contributed by atoms with Crippen molar-refractivity contribution in [2.45, 2.75) is 39.5 Å². The van der Waals surface area contributed by atoms with Gasteiger partial charge in [0, 0.05) is 13.2 Å². The van der Waals surface area contributed by atoms with Crippen LogP contribution >= 0.6 is 0 Å². The standard InChI is InChI=1S/C10H16O.C8H12/c1-2-11-7-10-6-8-3-4-9(10)5-8;1-6-4-7-2-3-8(6)5-7/h3-4,8-10H,2,5-7H2,1H3;2-3,6-8H,4-5H2,1H3. The molecule has 0 aromatic carbocycles. The van der Waals surface area contributed by atoms with Crippen LogP contribution < -0.4 is 0 Å². The van der Waals surface area contributed by atoms with E-state index < -0.39 is 0 Å². The Balaban J connectivity index is 0.000000122. The van der Waals surface area contributed by atoms with Gasteiger partial charge in [0.2, 0.25) is 0 Å². The lowest BCUT2D eigenvalue weighted by Crippen LogP contribution is -2.14. The molecule has 0 aromatic heterocycles. The maximum absolute atomic E-state index is 5.44. The average molecular weight is 260 g/mol. The number of ether oxygens (including phenoxy) is 1. The molecule has 0 radical (unpaired) electrons. The third-order valence-corrected chi connectivity index (χ3v) is 5.56. The molecule has 0 spiro atoms. The van der Waals surface area contributed by atoms with Crippen LogP contribution in [0.5, 0.6) is 0 Å². The van der Waals surface area contributed by atoms with Gasteiger partial charge in [0.15, 0.2) is 0 Å². The summed E-state index contributed by atoms with van der Waals surface area (Å²) in [5.41, 5.74) is 0. The van der Waals surface area contributed by atoms with Crippen molar-refractivity contribution >= 4 is 0 Å². The SMILES string of the molecule is CC1CC2C=CC1C2.CCOCC1CC2C=CC1C2. The van der Waals surface area contributed by atoms with E-state index in [-0.39, 0.29) is 0 Å².